The minimum absolute atomic E-state index is 0.244. The van der Waals surface area contributed by atoms with Crippen molar-refractivity contribution in [1.29, 1.82) is 0 Å². The highest BCUT2D eigenvalue weighted by molar-refractivity contribution is 9.10. The lowest BCUT2D eigenvalue weighted by Crippen LogP contribution is -2.21. The molecule has 1 fully saturated rings. The SMILES string of the molecule is O=c1nc2n(Cc3cccnc3)nc(N3CCCC3)n2c2ccc(Br)cc12. The van der Waals surface area contributed by atoms with Gasteiger partial charge in [0, 0.05) is 30.0 Å². The van der Waals surface area contributed by atoms with Crippen molar-refractivity contribution < 1.29 is 0 Å². The van der Waals surface area contributed by atoms with Gasteiger partial charge in [0.05, 0.1) is 17.4 Å². The van der Waals surface area contributed by atoms with Gasteiger partial charge in [0.25, 0.3) is 5.56 Å². The molecule has 1 aromatic carbocycles. The van der Waals surface area contributed by atoms with Crippen molar-refractivity contribution in [1.82, 2.24) is 24.1 Å². The topological polar surface area (TPSA) is 68.3 Å². The summed E-state index contributed by atoms with van der Waals surface area (Å²) in [6.07, 6.45) is 5.85. The number of fused-ring (bicyclic) bond motifs is 3. The molecule has 4 aromatic rings. The van der Waals surface area contributed by atoms with Crippen LogP contribution in [0.1, 0.15) is 18.4 Å². The molecule has 7 nitrogen and oxygen atoms in total. The molecule has 4 heterocycles. The monoisotopic (exact) mass is 424 g/mol. The van der Waals surface area contributed by atoms with Gasteiger partial charge in [0.2, 0.25) is 11.7 Å². The number of nitrogens with zero attached hydrogens (tertiary/aromatic N) is 6. The second kappa shape index (κ2) is 6.45. The summed E-state index contributed by atoms with van der Waals surface area (Å²) >= 11 is 3.45. The molecule has 0 atom stereocenters. The summed E-state index contributed by atoms with van der Waals surface area (Å²) in [6.45, 7) is 2.44. The van der Waals surface area contributed by atoms with Crippen LogP contribution in [0.4, 0.5) is 5.95 Å². The highest BCUT2D eigenvalue weighted by Gasteiger charge is 2.22. The van der Waals surface area contributed by atoms with Crippen LogP contribution in [0.2, 0.25) is 0 Å². The first-order chi connectivity index (χ1) is 13.2. The zero-order chi connectivity index (χ0) is 18.4. The Kier molecular flexibility index (Phi) is 3.93. The predicted molar refractivity (Wildman–Crippen MR) is 107 cm³/mol. The van der Waals surface area contributed by atoms with Gasteiger partial charge < -0.3 is 4.90 Å². The first kappa shape index (κ1) is 16.4. The lowest BCUT2D eigenvalue weighted by molar-refractivity contribution is 0.694. The molecule has 3 aromatic heterocycles. The number of pyridine rings is 1. The van der Waals surface area contributed by atoms with Gasteiger partial charge in [0.15, 0.2) is 0 Å². The number of aromatic nitrogens is 5. The second-order valence-corrected chi connectivity index (χ2v) is 7.64. The summed E-state index contributed by atoms with van der Waals surface area (Å²) in [5.74, 6) is 1.40. The Hall–Kier alpha value is -2.74. The maximum absolute atomic E-state index is 12.7. The second-order valence-electron chi connectivity index (χ2n) is 6.73. The Morgan fingerprint density at radius 2 is 2.00 bits per heavy atom. The molecule has 1 saturated heterocycles. The van der Waals surface area contributed by atoms with Crippen LogP contribution in [0.3, 0.4) is 0 Å². The number of anilines is 1. The highest BCUT2D eigenvalue weighted by atomic mass is 79.9. The molecule has 136 valence electrons. The van der Waals surface area contributed by atoms with Crippen molar-refractivity contribution in [2.45, 2.75) is 19.4 Å². The fourth-order valence-electron chi connectivity index (χ4n) is 3.64. The van der Waals surface area contributed by atoms with Gasteiger partial charge in [-0.1, -0.05) is 22.0 Å². The zero-order valence-electron chi connectivity index (χ0n) is 14.5. The van der Waals surface area contributed by atoms with Crippen molar-refractivity contribution in [3.05, 3.63) is 63.1 Å². The maximum atomic E-state index is 12.7. The number of benzene rings is 1. The van der Waals surface area contributed by atoms with E-state index in [2.05, 4.69) is 30.8 Å². The Balaban J connectivity index is 1.79. The van der Waals surface area contributed by atoms with E-state index >= 15 is 0 Å². The fraction of sp³-hybridized carbons (Fsp3) is 0.263. The third-order valence-corrected chi connectivity index (χ3v) is 5.41. The molecule has 0 amide bonds. The summed E-state index contributed by atoms with van der Waals surface area (Å²) in [6, 6.07) is 9.61. The van der Waals surface area contributed by atoms with Gasteiger partial charge in [-0.05, 0) is 42.7 Å². The summed E-state index contributed by atoms with van der Waals surface area (Å²) in [7, 11) is 0. The molecule has 0 unspecified atom stereocenters. The summed E-state index contributed by atoms with van der Waals surface area (Å²) < 4.78 is 4.66. The maximum Gasteiger partial charge on any atom is 0.282 e. The number of rotatable bonds is 3. The smallest absolute Gasteiger partial charge is 0.282 e. The molecule has 8 heteroatoms. The Bertz CT molecular complexity index is 1190. The van der Waals surface area contributed by atoms with Crippen LogP contribution in [-0.4, -0.2) is 37.2 Å². The number of hydrogen-bond acceptors (Lipinski definition) is 5. The van der Waals surface area contributed by atoms with Gasteiger partial charge in [-0.3, -0.25) is 9.78 Å². The molecule has 0 N–H and O–H groups in total. The van der Waals surface area contributed by atoms with Crippen LogP contribution < -0.4 is 10.5 Å². The average Bonchev–Trinajstić information content (AvgIpc) is 3.32. The molecule has 1 aliphatic rings. The minimum atomic E-state index is -0.244. The van der Waals surface area contributed by atoms with Crippen molar-refractivity contribution in [3.63, 3.8) is 0 Å². The average molecular weight is 425 g/mol. The highest BCUT2D eigenvalue weighted by Crippen LogP contribution is 2.25. The Morgan fingerprint density at radius 1 is 1.15 bits per heavy atom. The van der Waals surface area contributed by atoms with E-state index in [4.69, 9.17) is 5.10 Å². The lowest BCUT2D eigenvalue weighted by atomic mass is 10.2. The molecular formula is C19H17BrN6O. The summed E-state index contributed by atoms with van der Waals surface area (Å²) in [5.41, 5.74) is 1.60. The van der Waals surface area contributed by atoms with E-state index in [1.165, 1.54) is 0 Å². The van der Waals surface area contributed by atoms with Crippen molar-refractivity contribution in [3.8, 4) is 0 Å². The van der Waals surface area contributed by atoms with E-state index in [0.29, 0.717) is 17.7 Å². The number of halogens is 1. The summed E-state index contributed by atoms with van der Waals surface area (Å²) in [4.78, 5) is 23.5. The standard InChI is InChI=1S/C19H17BrN6O/c20-14-5-6-16-15(10-14)17(27)22-18-25(12-13-4-3-7-21-11-13)23-19(26(16)18)24-8-1-2-9-24/h3-7,10-11H,1-2,8-9,12H2. The molecule has 0 aliphatic carbocycles. The Morgan fingerprint density at radius 3 is 2.78 bits per heavy atom. The normalized spacial score (nSPS) is 14.5. The molecule has 27 heavy (non-hydrogen) atoms. The quantitative estimate of drug-likeness (QED) is 0.505. The molecule has 0 radical (unpaired) electrons. The van der Waals surface area contributed by atoms with Gasteiger partial charge in [-0.15, -0.1) is 5.10 Å². The molecular weight excluding hydrogens is 408 g/mol. The molecule has 5 rings (SSSR count). The number of hydrogen-bond donors (Lipinski definition) is 0. The molecule has 0 bridgehead atoms. The van der Waals surface area contributed by atoms with Crippen LogP contribution in [0.15, 0.2) is 52.0 Å². The first-order valence-electron chi connectivity index (χ1n) is 8.93. The third-order valence-electron chi connectivity index (χ3n) is 4.92. The molecule has 0 saturated carbocycles. The van der Waals surface area contributed by atoms with Crippen LogP contribution in [0.5, 0.6) is 0 Å². The molecule has 1 aliphatic heterocycles. The van der Waals surface area contributed by atoms with E-state index in [9.17, 15) is 4.79 Å². The van der Waals surface area contributed by atoms with E-state index in [1.807, 2.05) is 40.9 Å². The van der Waals surface area contributed by atoms with Crippen LogP contribution in [0, 0.1) is 0 Å². The van der Waals surface area contributed by atoms with Crippen LogP contribution >= 0.6 is 15.9 Å². The zero-order valence-corrected chi connectivity index (χ0v) is 16.1. The minimum Gasteiger partial charge on any atom is -0.341 e. The van der Waals surface area contributed by atoms with Gasteiger partial charge in [-0.25, -0.2) is 9.08 Å². The van der Waals surface area contributed by atoms with Crippen LogP contribution in [0.25, 0.3) is 16.7 Å². The van der Waals surface area contributed by atoms with Gasteiger partial charge in [-0.2, -0.15) is 4.98 Å². The molecule has 0 spiro atoms. The summed E-state index contributed by atoms with van der Waals surface area (Å²) in [5, 5.41) is 5.43. The van der Waals surface area contributed by atoms with Crippen molar-refractivity contribution in [2.24, 2.45) is 0 Å². The largest absolute Gasteiger partial charge is 0.341 e. The van der Waals surface area contributed by atoms with E-state index < -0.39 is 0 Å². The first-order valence-corrected chi connectivity index (χ1v) is 9.73. The van der Waals surface area contributed by atoms with E-state index in [1.54, 1.807) is 10.9 Å². The van der Waals surface area contributed by atoms with E-state index in [-0.39, 0.29) is 5.56 Å². The predicted octanol–water partition coefficient (Wildman–Crippen LogP) is 2.85. The van der Waals surface area contributed by atoms with Crippen LogP contribution in [-0.2, 0) is 6.54 Å². The van der Waals surface area contributed by atoms with E-state index in [0.717, 1.165) is 47.4 Å². The van der Waals surface area contributed by atoms with Crippen molar-refractivity contribution >= 4 is 38.6 Å². The third kappa shape index (κ3) is 2.80. The van der Waals surface area contributed by atoms with Crippen molar-refractivity contribution in [2.75, 3.05) is 18.0 Å². The Labute approximate surface area is 163 Å². The lowest BCUT2D eigenvalue weighted by Gasteiger charge is -2.15. The van der Waals surface area contributed by atoms with Gasteiger partial charge in [0.1, 0.15) is 0 Å². The van der Waals surface area contributed by atoms with Gasteiger partial charge >= 0.3 is 0 Å². The fourth-order valence-corrected chi connectivity index (χ4v) is 4.00.